The van der Waals surface area contributed by atoms with Crippen LogP contribution in [0.5, 0.6) is 0 Å². The maximum absolute atomic E-state index is 10.3. The molecule has 0 radical (unpaired) electrons. The number of aromatic nitrogens is 1. The van der Waals surface area contributed by atoms with Crippen LogP contribution in [0.15, 0.2) is 30.5 Å². The molecule has 1 aromatic heterocycles. The smallest absolute Gasteiger partial charge is 0.122 e. The molecule has 0 aliphatic heterocycles. The Balaban J connectivity index is 2.20. The normalized spacial score (nSPS) is 32.0. The van der Waals surface area contributed by atoms with Crippen LogP contribution in [0.3, 0.4) is 0 Å². The Hall–Kier alpha value is -1.02. The van der Waals surface area contributed by atoms with Crippen molar-refractivity contribution in [3.8, 4) is 0 Å². The molecule has 0 spiro atoms. The first kappa shape index (κ1) is 9.53. The van der Waals surface area contributed by atoms with Gasteiger partial charge in [0.1, 0.15) is 5.60 Å². The SMILES string of the molecule is CCC1C=CC(O)(c2ccc[nH]2)CC1. The monoisotopic (exact) mass is 191 g/mol. The van der Waals surface area contributed by atoms with Crippen LogP contribution in [0.4, 0.5) is 0 Å². The van der Waals surface area contributed by atoms with Gasteiger partial charge in [0.05, 0.1) is 5.69 Å². The number of allylic oxidation sites excluding steroid dienone is 1. The maximum atomic E-state index is 10.3. The largest absolute Gasteiger partial charge is 0.380 e. The molecule has 0 amide bonds. The van der Waals surface area contributed by atoms with Crippen LogP contribution in [-0.2, 0) is 5.60 Å². The van der Waals surface area contributed by atoms with Crippen LogP contribution in [0.25, 0.3) is 0 Å². The molecule has 14 heavy (non-hydrogen) atoms. The summed E-state index contributed by atoms with van der Waals surface area (Å²) < 4.78 is 0. The average Bonchev–Trinajstić information content (AvgIpc) is 2.72. The van der Waals surface area contributed by atoms with Crippen LogP contribution in [0, 0.1) is 5.92 Å². The number of rotatable bonds is 2. The van der Waals surface area contributed by atoms with Gasteiger partial charge in [-0.15, -0.1) is 0 Å². The molecule has 0 bridgehead atoms. The van der Waals surface area contributed by atoms with Crippen molar-refractivity contribution in [2.45, 2.75) is 31.8 Å². The molecule has 0 saturated carbocycles. The van der Waals surface area contributed by atoms with Crippen molar-refractivity contribution in [1.29, 1.82) is 0 Å². The van der Waals surface area contributed by atoms with E-state index in [9.17, 15) is 5.11 Å². The second-order valence-electron chi connectivity index (χ2n) is 4.07. The van der Waals surface area contributed by atoms with E-state index in [1.54, 1.807) is 0 Å². The molecular formula is C12H17NO. The van der Waals surface area contributed by atoms with Crippen LogP contribution in [-0.4, -0.2) is 10.1 Å². The van der Waals surface area contributed by atoms with Crippen molar-refractivity contribution in [3.63, 3.8) is 0 Å². The molecule has 1 aliphatic rings. The van der Waals surface area contributed by atoms with Gasteiger partial charge in [0.2, 0.25) is 0 Å². The summed E-state index contributed by atoms with van der Waals surface area (Å²) in [6.07, 6.45) is 9.00. The van der Waals surface area contributed by atoms with E-state index >= 15 is 0 Å². The predicted molar refractivity (Wildman–Crippen MR) is 56.8 cm³/mol. The van der Waals surface area contributed by atoms with E-state index in [0.29, 0.717) is 5.92 Å². The Kier molecular flexibility index (Phi) is 2.46. The fourth-order valence-electron chi connectivity index (χ4n) is 2.04. The summed E-state index contributed by atoms with van der Waals surface area (Å²) in [7, 11) is 0. The number of hydrogen-bond donors (Lipinski definition) is 2. The molecule has 0 fully saturated rings. The van der Waals surface area contributed by atoms with E-state index in [-0.39, 0.29) is 0 Å². The highest BCUT2D eigenvalue weighted by Gasteiger charge is 2.30. The van der Waals surface area contributed by atoms with E-state index in [4.69, 9.17) is 0 Å². The van der Waals surface area contributed by atoms with Crippen molar-refractivity contribution >= 4 is 0 Å². The highest BCUT2D eigenvalue weighted by atomic mass is 16.3. The van der Waals surface area contributed by atoms with Gasteiger partial charge in [-0.05, 0) is 37.3 Å². The Morgan fingerprint density at radius 1 is 1.64 bits per heavy atom. The summed E-state index contributed by atoms with van der Waals surface area (Å²) >= 11 is 0. The fourth-order valence-corrected chi connectivity index (χ4v) is 2.04. The van der Waals surface area contributed by atoms with Gasteiger partial charge in [-0.25, -0.2) is 0 Å². The first-order valence-corrected chi connectivity index (χ1v) is 5.30. The molecule has 1 aromatic rings. The Labute approximate surface area is 84.7 Å². The highest BCUT2D eigenvalue weighted by molar-refractivity contribution is 5.22. The van der Waals surface area contributed by atoms with Crippen LogP contribution < -0.4 is 0 Å². The molecule has 1 aliphatic carbocycles. The lowest BCUT2D eigenvalue weighted by atomic mass is 9.82. The van der Waals surface area contributed by atoms with Gasteiger partial charge in [0.15, 0.2) is 0 Å². The van der Waals surface area contributed by atoms with E-state index in [1.807, 2.05) is 24.4 Å². The predicted octanol–water partition coefficient (Wildman–Crippen LogP) is 2.58. The standard InChI is InChI=1S/C12H17NO/c1-2-10-5-7-12(14,8-6-10)11-4-3-9-13-11/h3-5,7,9-10,13-14H,2,6,8H2,1H3. The number of hydrogen-bond acceptors (Lipinski definition) is 1. The van der Waals surface area contributed by atoms with Crippen LogP contribution in [0.1, 0.15) is 31.9 Å². The molecule has 76 valence electrons. The van der Waals surface area contributed by atoms with Crippen molar-refractivity contribution in [2.24, 2.45) is 5.92 Å². The van der Waals surface area contributed by atoms with Gasteiger partial charge >= 0.3 is 0 Å². The van der Waals surface area contributed by atoms with E-state index in [2.05, 4.69) is 18.0 Å². The van der Waals surface area contributed by atoms with Crippen molar-refractivity contribution in [1.82, 2.24) is 4.98 Å². The van der Waals surface area contributed by atoms with Gasteiger partial charge in [0.25, 0.3) is 0 Å². The van der Waals surface area contributed by atoms with Crippen molar-refractivity contribution in [3.05, 3.63) is 36.2 Å². The summed E-state index contributed by atoms with van der Waals surface area (Å²) in [6, 6.07) is 3.86. The minimum Gasteiger partial charge on any atom is -0.380 e. The van der Waals surface area contributed by atoms with E-state index in [0.717, 1.165) is 25.0 Å². The van der Waals surface area contributed by atoms with Crippen LogP contribution >= 0.6 is 0 Å². The lowest BCUT2D eigenvalue weighted by Gasteiger charge is -2.29. The van der Waals surface area contributed by atoms with Gasteiger partial charge in [0, 0.05) is 6.20 Å². The Morgan fingerprint density at radius 3 is 3.00 bits per heavy atom. The van der Waals surface area contributed by atoms with E-state index < -0.39 is 5.60 Å². The van der Waals surface area contributed by atoms with Gasteiger partial charge in [-0.3, -0.25) is 0 Å². The maximum Gasteiger partial charge on any atom is 0.122 e. The number of aromatic amines is 1. The van der Waals surface area contributed by atoms with Crippen molar-refractivity contribution in [2.75, 3.05) is 0 Å². The zero-order valence-corrected chi connectivity index (χ0v) is 8.53. The van der Waals surface area contributed by atoms with Gasteiger partial charge < -0.3 is 10.1 Å². The van der Waals surface area contributed by atoms with Crippen molar-refractivity contribution < 1.29 is 5.11 Å². The van der Waals surface area contributed by atoms with E-state index in [1.165, 1.54) is 0 Å². The second-order valence-corrected chi connectivity index (χ2v) is 4.07. The molecular weight excluding hydrogens is 174 g/mol. The summed E-state index contributed by atoms with van der Waals surface area (Å²) in [5.74, 6) is 0.644. The molecule has 2 N–H and O–H groups in total. The lowest BCUT2D eigenvalue weighted by Crippen LogP contribution is -2.27. The summed E-state index contributed by atoms with van der Waals surface area (Å²) in [6.45, 7) is 2.19. The quantitative estimate of drug-likeness (QED) is 0.692. The third-order valence-corrected chi connectivity index (χ3v) is 3.13. The molecule has 2 nitrogen and oxygen atoms in total. The molecule has 2 unspecified atom stereocenters. The molecule has 2 rings (SSSR count). The number of nitrogens with one attached hydrogen (secondary N) is 1. The Bertz CT molecular complexity index is 315. The molecule has 1 heterocycles. The molecule has 2 heteroatoms. The topological polar surface area (TPSA) is 36.0 Å². The molecule has 2 atom stereocenters. The fraction of sp³-hybridized carbons (Fsp3) is 0.500. The average molecular weight is 191 g/mol. The summed E-state index contributed by atoms with van der Waals surface area (Å²) in [5.41, 5.74) is 0.151. The van der Waals surface area contributed by atoms with Gasteiger partial charge in [-0.1, -0.05) is 19.1 Å². The number of H-pyrrole nitrogens is 1. The second kappa shape index (κ2) is 3.62. The lowest BCUT2D eigenvalue weighted by molar-refractivity contribution is 0.0622. The Morgan fingerprint density at radius 2 is 2.50 bits per heavy atom. The third kappa shape index (κ3) is 1.62. The first-order chi connectivity index (χ1) is 6.74. The minimum atomic E-state index is -0.755. The molecule has 0 aromatic carbocycles. The highest BCUT2D eigenvalue weighted by Crippen LogP contribution is 2.34. The first-order valence-electron chi connectivity index (χ1n) is 5.30. The summed E-state index contributed by atoms with van der Waals surface area (Å²) in [5, 5.41) is 10.3. The van der Waals surface area contributed by atoms with Gasteiger partial charge in [-0.2, -0.15) is 0 Å². The minimum absolute atomic E-state index is 0.644. The zero-order chi connectivity index (χ0) is 10.0. The summed E-state index contributed by atoms with van der Waals surface area (Å²) in [4.78, 5) is 3.08. The zero-order valence-electron chi connectivity index (χ0n) is 8.53. The number of aliphatic hydroxyl groups is 1. The van der Waals surface area contributed by atoms with Crippen LogP contribution in [0.2, 0.25) is 0 Å². The third-order valence-electron chi connectivity index (χ3n) is 3.13. The molecule has 0 saturated heterocycles.